The number of carbonyl (C=O) groups excluding carboxylic acids is 1. The topological polar surface area (TPSA) is 41.6 Å². The van der Waals surface area contributed by atoms with Gasteiger partial charge in [0.05, 0.1) is 13.0 Å². The van der Waals surface area contributed by atoms with Crippen molar-refractivity contribution in [2.24, 2.45) is 11.8 Å². The van der Waals surface area contributed by atoms with Crippen LogP contribution in [0.25, 0.3) is 0 Å². The van der Waals surface area contributed by atoms with Gasteiger partial charge in [0.15, 0.2) is 0 Å². The van der Waals surface area contributed by atoms with Crippen LogP contribution in [-0.4, -0.2) is 50.7 Å². The van der Waals surface area contributed by atoms with E-state index in [9.17, 15) is 4.79 Å². The average Bonchev–Trinajstić information content (AvgIpc) is 2.93. The summed E-state index contributed by atoms with van der Waals surface area (Å²) in [4.78, 5) is 14.4. The summed E-state index contributed by atoms with van der Waals surface area (Å²) in [7, 11) is 3.67. The number of hydrogen-bond acceptors (Lipinski definition) is 4. The molecular weight excluding hydrogens is 240 g/mol. The normalized spacial score (nSPS) is 24.5. The van der Waals surface area contributed by atoms with Crippen LogP contribution < -0.4 is 5.32 Å². The second kappa shape index (κ2) is 7.25. The molecule has 0 aromatic heterocycles. The molecule has 1 aliphatic carbocycles. The van der Waals surface area contributed by atoms with Crippen molar-refractivity contribution in [2.75, 3.05) is 33.8 Å². The van der Waals surface area contributed by atoms with Crippen molar-refractivity contribution in [1.82, 2.24) is 10.2 Å². The largest absolute Gasteiger partial charge is 0.469 e. The number of likely N-dealkylation sites (tertiary alicyclic amines) is 1. The van der Waals surface area contributed by atoms with Crippen LogP contribution in [0.3, 0.4) is 0 Å². The third-order valence-electron chi connectivity index (χ3n) is 4.82. The first-order valence-corrected chi connectivity index (χ1v) is 7.70. The summed E-state index contributed by atoms with van der Waals surface area (Å²) in [5.41, 5.74) is 0. The number of esters is 1. The van der Waals surface area contributed by atoms with Gasteiger partial charge < -0.3 is 15.0 Å². The summed E-state index contributed by atoms with van der Waals surface area (Å²) in [5.74, 6) is 0.497. The van der Waals surface area contributed by atoms with E-state index < -0.39 is 0 Å². The molecule has 0 amide bonds. The number of rotatable bonds is 5. The van der Waals surface area contributed by atoms with Crippen molar-refractivity contribution in [1.29, 1.82) is 0 Å². The predicted molar refractivity (Wildman–Crippen MR) is 76.0 cm³/mol. The molecule has 1 atom stereocenters. The predicted octanol–water partition coefficient (Wildman–Crippen LogP) is 1.65. The van der Waals surface area contributed by atoms with E-state index in [1.165, 1.54) is 32.8 Å². The van der Waals surface area contributed by atoms with Gasteiger partial charge in [0.1, 0.15) is 0 Å². The summed E-state index contributed by atoms with van der Waals surface area (Å²) in [5, 5.41) is 3.59. The zero-order valence-corrected chi connectivity index (χ0v) is 12.4. The Kier molecular flexibility index (Phi) is 5.64. The van der Waals surface area contributed by atoms with Crippen LogP contribution >= 0.6 is 0 Å². The van der Waals surface area contributed by atoms with Crippen molar-refractivity contribution in [3.63, 3.8) is 0 Å². The van der Waals surface area contributed by atoms with Crippen LogP contribution in [0, 0.1) is 11.8 Å². The number of hydrogen-bond donors (Lipinski definition) is 1. The zero-order chi connectivity index (χ0) is 13.7. The molecule has 0 radical (unpaired) electrons. The van der Waals surface area contributed by atoms with Gasteiger partial charge in [-0.2, -0.15) is 0 Å². The van der Waals surface area contributed by atoms with Gasteiger partial charge in [-0.3, -0.25) is 4.79 Å². The second-order valence-electron chi connectivity index (χ2n) is 6.16. The average molecular weight is 268 g/mol. The van der Waals surface area contributed by atoms with Gasteiger partial charge in [0, 0.05) is 12.6 Å². The van der Waals surface area contributed by atoms with Gasteiger partial charge in [0.25, 0.3) is 0 Å². The Bertz CT molecular complexity index is 282. The van der Waals surface area contributed by atoms with Gasteiger partial charge in [0.2, 0.25) is 0 Å². The molecule has 1 unspecified atom stereocenters. The number of nitrogens with one attached hydrogen (secondary N) is 1. The first kappa shape index (κ1) is 14.8. The maximum Gasteiger partial charge on any atom is 0.310 e. The Morgan fingerprint density at radius 1 is 1.26 bits per heavy atom. The van der Waals surface area contributed by atoms with Crippen LogP contribution in [0.2, 0.25) is 0 Å². The standard InChI is InChI=1S/C15H28N2O2/c1-17-9-7-12(8-10-17)14(15(18)19-2)11-16-13-5-3-4-6-13/h12-14,16H,3-11H2,1-2H3. The van der Waals surface area contributed by atoms with E-state index in [1.54, 1.807) is 0 Å². The highest BCUT2D eigenvalue weighted by molar-refractivity contribution is 5.73. The van der Waals surface area contributed by atoms with E-state index in [2.05, 4.69) is 17.3 Å². The molecule has 4 nitrogen and oxygen atoms in total. The fourth-order valence-electron chi connectivity index (χ4n) is 3.45. The monoisotopic (exact) mass is 268 g/mol. The SMILES string of the molecule is COC(=O)C(CNC1CCCC1)C1CCN(C)CC1. The Hall–Kier alpha value is -0.610. The first-order valence-electron chi connectivity index (χ1n) is 7.70. The molecule has 1 heterocycles. The first-order chi connectivity index (χ1) is 9.20. The summed E-state index contributed by atoms with van der Waals surface area (Å²) in [6, 6.07) is 0.624. The summed E-state index contributed by atoms with van der Waals surface area (Å²) >= 11 is 0. The van der Waals surface area contributed by atoms with Gasteiger partial charge in [-0.05, 0) is 51.7 Å². The van der Waals surface area contributed by atoms with Crippen molar-refractivity contribution in [3.05, 3.63) is 0 Å². The van der Waals surface area contributed by atoms with Crippen LogP contribution in [0.1, 0.15) is 38.5 Å². The fourth-order valence-corrected chi connectivity index (χ4v) is 3.45. The highest BCUT2D eigenvalue weighted by Gasteiger charge is 2.32. The van der Waals surface area contributed by atoms with Gasteiger partial charge in [-0.15, -0.1) is 0 Å². The van der Waals surface area contributed by atoms with E-state index in [4.69, 9.17) is 4.74 Å². The molecule has 1 saturated carbocycles. The molecule has 0 aromatic carbocycles. The Morgan fingerprint density at radius 3 is 2.47 bits per heavy atom. The van der Waals surface area contributed by atoms with Gasteiger partial charge in [-0.1, -0.05) is 12.8 Å². The highest BCUT2D eigenvalue weighted by Crippen LogP contribution is 2.26. The zero-order valence-electron chi connectivity index (χ0n) is 12.4. The molecule has 4 heteroatoms. The third-order valence-corrected chi connectivity index (χ3v) is 4.82. The molecule has 0 aromatic rings. The van der Waals surface area contributed by atoms with E-state index >= 15 is 0 Å². The Morgan fingerprint density at radius 2 is 1.89 bits per heavy atom. The van der Waals surface area contributed by atoms with Crippen LogP contribution in [0.4, 0.5) is 0 Å². The lowest BCUT2D eigenvalue weighted by atomic mass is 9.84. The summed E-state index contributed by atoms with van der Waals surface area (Å²) < 4.78 is 5.02. The van der Waals surface area contributed by atoms with E-state index in [0.717, 1.165) is 32.5 Å². The molecule has 1 saturated heterocycles. The van der Waals surface area contributed by atoms with Crippen molar-refractivity contribution in [2.45, 2.75) is 44.6 Å². The van der Waals surface area contributed by atoms with Crippen molar-refractivity contribution in [3.8, 4) is 0 Å². The van der Waals surface area contributed by atoms with E-state index in [1.807, 2.05) is 0 Å². The smallest absolute Gasteiger partial charge is 0.310 e. The number of ether oxygens (including phenoxy) is 1. The van der Waals surface area contributed by atoms with Gasteiger partial charge >= 0.3 is 5.97 Å². The van der Waals surface area contributed by atoms with Crippen LogP contribution in [0.5, 0.6) is 0 Å². The number of piperidine rings is 1. The maximum atomic E-state index is 12.0. The fraction of sp³-hybridized carbons (Fsp3) is 0.933. The molecule has 2 rings (SSSR count). The summed E-state index contributed by atoms with van der Waals surface area (Å²) in [6.07, 6.45) is 7.41. The molecule has 0 bridgehead atoms. The Labute approximate surface area is 116 Å². The minimum atomic E-state index is -0.0277. The molecule has 0 spiro atoms. The van der Waals surface area contributed by atoms with Crippen LogP contribution in [0.15, 0.2) is 0 Å². The van der Waals surface area contributed by atoms with Crippen molar-refractivity contribution >= 4 is 5.97 Å². The lowest BCUT2D eigenvalue weighted by molar-refractivity contribution is -0.148. The molecule has 110 valence electrons. The minimum absolute atomic E-state index is 0.0277. The van der Waals surface area contributed by atoms with Crippen LogP contribution in [-0.2, 0) is 9.53 Å². The molecule has 1 N–H and O–H groups in total. The number of methoxy groups -OCH3 is 1. The molecule has 19 heavy (non-hydrogen) atoms. The lowest BCUT2D eigenvalue weighted by Gasteiger charge is -2.33. The quantitative estimate of drug-likeness (QED) is 0.770. The molecule has 2 fully saturated rings. The number of carbonyl (C=O) groups is 1. The van der Waals surface area contributed by atoms with Gasteiger partial charge in [-0.25, -0.2) is 0 Å². The summed E-state index contributed by atoms with van der Waals surface area (Å²) in [6.45, 7) is 2.99. The van der Waals surface area contributed by atoms with E-state index in [-0.39, 0.29) is 11.9 Å². The molecule has 1 aliphatic heterocycles. The highest BCUT2D eigenvalue weighted by atomic mass is 16.5. The molecular formula is C15H28N2O2. The lowest BCUT2D eigenvalue weighted by Crippen LogP contribution is -2.42. The third kappa shape index (κ3) is 4.18. The maximum absolute atomic E-state index is 12.0. The second-order valence-corrected chi connectivity index (χ2v) is 6.16. The Balaban J connectivity index is 1.85. The minimum Gasteiger partial charge on any atom is -0.469 e. The molecule has 2 aliphatic rings. The van der Waals surface area contributed by atoms with Crippen molar-refractivity contribution < 1.29 is 9.53 Å². The number of nitrogens with zero attached hydrogens (tertiary/aromatic N) is 1. The van der Waals surface area contributed by atoms with E-state index in [0.29, 0.717) is 12.0 Å².